The predicted molar refractivity (Wildman–Crippen MR) is 214 cm³/mol. The van der Waals surface area contributed by atoms with E-state index in [0.29, 0.717) is 17.5 Å². The molecule has 3 nitrogen and oxygen atoms in total. The minimum absolute atomic E-state index is 0.663. The fourth-order valence-corrected chi connectivity index (χ4v) is 13.2. The lowest BCUT2D eigenvalue weighted by atomic mass is 10.0. The lowest BCUT2D eigenvalue weighted by molar-refractivity contribution is 1.07. The number of aromatic nitrogens is 3. The summed E-state index contributed by atoms with van der Waals surface area (Å²) < 4.78 is 0. The first-order valence-electron chi connectivity index (χ1n) is 17.4. The van der Waals surface area contributed by atoms with Gasteiger partial charge in [-0.15, -0.1) is 0 Å². The molecule has 0 aliphatic carbocycles. The topological polar surface area (TPSA) is 38.7 Å². The van der Waals surface area contributed by atoms with Gasteiger partial charge in [-0.1, -0.05) is 188 Å². The van der Waals surface area contributed by atoms with Crippen molar-refractivity contribution in [3.05, 3.63) is 188 Å². The van der Waals surface area contributed by atoms with Gasteiger partial charge in [0, 0.05) is 16.7 Å². The van der Waals surface area contributed by atoms with Gasteiger partial charge in [0.2, 0.25) is 0 Å². The molecule has 51 heavy (non-hydrogen) atoms. The van der Waals surface area contributed by atoms with Crippen LogP contribution < -0.4 is 20.7 Å². The van der Waals surface area contributed by atoms with Crippen LogP contribution in [0.2, 0.25) is 0 Å². The van der Waals surface area contributed by atoms with Gasteiger partial charge in [-0.05, 0) is 53.4 Å². The predicted octanol–water partition coefficient (Wildman–Crippen LogP) is 8.54. The number of hydrogen-bond donors (Lipinski definition) is 0. The highest BCUT2D eigenvalue weighted by Gasteiger charge is 2.49. The molecule has 0 bridgehead atoms. The van der Waals surface area contributed by atoms with Crippen LogP contribution in [0.5, 0.6) is 0 Å². The molecule has 0 saturated heterocycles. The van der Waals surface area contributed by atoms with Crippen LogP contribution in [-0.2, 0) is 0 Å². The Morgan fingerprint density at radius 3 is 1.31 bits per heavy atom. The van der Waals surface area contributed by atoms with Crippen LogP contribution >= 0.6 is 0 Å². The van der Waals surface area contributed by atoms with Gasteiger partial charge in [-0.25, -0.2) is 15.0 Å². The zero-order valence-corrected chi connectivity index (χ0v) is 28.7. The van der Waals surface area contributed by atoms with Crippen molar-refractivity contribution in [3.8, 4) is 45.3 Å². The third-order valence-corrected chi connectivity index (χ3v) is 15.2. The highest BCUT2D eigenvalue weighted by molar-refractivity contribution is 7.22. The van der Waals surface area contributed by atoms with Crippen LogP contribution in [0, 0.1) is 0 Å². The van der Waals surface area contributed by atoms with E-state index in [1.165, 1.54) is 53.4 Å². The minimum atomic E-state index is -2.85. The Labute approximate surface area is 297 Å². The molecule has 0 radical (unpaired) electrons. The van der Waals surface area contributed by atoms with Gasteiger partial charge < -0.3 is 0 Å². The van der Waals surface area contributed by atoms with Gasteiger partial charge in [0.05, 0.1) is 0 Å². The van der Waals surface area contributed by atoms with E-state index in [2.05, 4.69) is 152 Å². The molecule has 10 rings (SSSR count). The van der Waals surface area contributed by atoms with Crippen LogP contribution in [0.25, 0.3) is 66.8 Å². The summed E-state index contributed by atoms with van der Waals surface area (Å²) in [4.78, 5) is 15.3. The number of nitrogens with zero attached hydrogens (tertiary/aromatic N) is 3. The molecule has 0 fully saturated rings. The molecule has 0 atom stereocenters. The maximum atomic E-state index is 5.14. The highest BCUT2D eigenvalue weighted by Crippen LogP contribution is 2.33. The molecule has 0 spiro atoms. The molecule has 9 aromatic rings. The van der Waals surface area contributed by atoms with Crippen molar-refractivity contribution in [1.29, 1.82) is 0 Å². The largest absolute Gasteiger partial charge is 0.208 e. The summed E-state index contributed by atoms with van der Waals surface area (Å²) in [5, 5.41) is 10.5. The fraction of sp³-hybridized carbons (Fsp3) is 0. The fourth-order valence-electron chi connectivity index (χ4n) is 7.99. The standard InChI is InChI=1S/C47H31N3Si/c1-3-15-34(16-4-1)45-48-46(35-17-5-2-6-18-35)50-47(49-45)38-25-28-42-41-21-11-12-22-43(41)51(44(42)31-38,39-26-23-32-13-7-9-19-36(32)29-39)40-27-24-33-14-8-10-20-37(33)30-40/h1-31H. The molecular formula is C47H31N3Si. The molecule has 0 saturated carbocycles. The normalized spacial score (nSPS) is 12.9. The molecule has 1 aromatic heterocycles. The van der Waals surface area contributed by atoms with E-state index in [1.54, 1.807) is 0 Å². The molecular weight excluding hydrogens is 635 g/mol. The monoisotopic (exact) mass is 665 g/mol. The summed E-state index contributed by atoms with van der Waals surface area (Å²) in [5.74, 6) is 1.99. The second-order valence-corrected chi connectivity index (χ2v) is 17.0. The smallest absolute Gasteiger partial charge is 0.180 e. The quantitative estimate of drug-likeness (QED) is 0.173. The molecule has 8 aromatic carbocycles. The third kappa shape index (κ3) is 4.76. The van der Waals surface area contributed by atoms with Crippen molar-refractivity contribution in [3.63, 3.8) is 0 Å². The first-order chi connectivity index (χ1) is 25.3. The lowest BCUT2D eigenvalue weighted by Crippen LogP contribution is -2.72. The average Bonchev–Trinajstić information content (AvgIpc) is 3.51. The van der Waals surface area contributed by atoms with Crippen LogP contribution in [0.1, 0.15) is 0 Å². The number of rotatable bonds is 5. The molecule has 0 amide bonds. The van der Waals surface area contributed by atoms with E-state index < -0.39 is 8.07 Å². The molecule has 1 aliphatic heterocycles. The summed E-state index contributed by atoms with van der Waals surface area (Å²) >= 11 is 0. The van der Waals surface area contributed by atoms with Gasteiger partial charge >= 0.3 is 0 Å². The summed E-state index contributed by atoms with van der Waals surface area (Å²) in [5.41, 5.74) is 5.49. The molecule has 4 heteroatoms. The Hall–Kier alpha value is -6.49. The second kappa shape index (κ2) is 11.8. The first-order valence-corrected chi connectivity index (χ1v) is 19.4. The Kier molecular flexibility index (Phi) is 6.83. The SMILES string of the molecule is c1ccc(-c2nc(-c3ccccc3)nc(-c3ccc4c(c3)[Si](c3ccc5ccccc5c3)(c3ccc5ccccc5c3)c3ccccc3-4)n2)cc1. The van der Waals surface area contributed by atoms with Gasteiger partial charge in [0.25, 0.3) is 0 Å². The van der Waals surface area contributed by atoms with Gasteiger partial charge in [-0.2, -0.15) is 0 Å². The Balaban J connectivity index is 1.27. The lowest BCUT2D eigenvalue weighted by Gasteiger charge is -2.32. The van der Waals surface area contributed by atoms with Crippen molar-refractivity contribution in [2.45, 2.75) is 0 Å². The van der Waals surface area contributed by atoms with E-state index in [4.69, 9.17) is 15.0 Å². The van der Waals surface area contributed by atoms with Crippen molar-refractivity contribution in [1.82, 2.24) is 15.0 Å². The first kappa shape index (κ1) is 29.4. The third-order valence-electron chi connectivity index (χ3n) is 10.4. The zero-order chi connectivity index (χ0) is 33.8. The van der Waals surface area contributed by atoms with E-state index in [9.17, 15) is 0 Å². The Morgan fingerprint density at radius 2 is 0.745 bits per heavy atom. The highest BCUT2D eigenvalue weighted by atomic mass is 28.3. The minimum Gasteiger partial charge on any atom is -0.208 e. The van der Waals surface area contributed by atoms with Crippen molar-refractivity contribution in [2.24, 2.45) is 0 Å². The van der Waals surface area contributed by atoms with Crippen LogP contribution in [0.4, 0.5) is 0 Å². The van der Waals surface area contributed by atoms with Gasteiger partial charge in [0.1, 0.15) is 0 Å². The van der Waals surface area contributed by atoms with E-state index in [1.807, 2.05) is 36.4 Å². The van der Waals surface area contributed by atoms with Crippen LogP contribution in [0.3, 0.4) is 0 Å². The molecule has 1 aliphatic rings. The summed E-state index contributed by atoms with van der Waals surface area (Å²) in [6, 6.07) is 68.0. The maximum Gasteiger partial charge on any atom is 0.180 e. The molecule has 238 valence electrons. The van der Waals surface area contributed by atoms with Gasteiger partial charge in [-0.3, -0.25) is 0 Å². The maximum absolute atomic E-state index is 5.14. The molecule has 0 unspecified atom stereocenters. The van der Waals surface area contributed by atoms with Gasteiger partial charge in [0.15, 0.2) is 25.5 Å². The van der Waals surface area contributed by atoms with Crippen LogP contribution in [-0.4, -0.2) is 23.0 Å². The number of fused-ring (bicyclic) bond motifs is 5. The average molecular weight is 666 g/mol. The van der Waals surface area contributed by atoms with E-state index in [0.717, 1.165) is 16.7 Å². The number of hydrogen-bond acceptors (Lipinski definition) is 3. The number of benzene rings is 8. The molecule has 2 heterocycles. The summed E-state index contributed by atoms with van der Waals surface area (Å²) in [6.45, 7) is 0. The van der Waals surface area contributed by atoms with Crippen molar-refractivity contribution in [2.75, 3.05) is 0 Å². The Bertz CT molecular complexity index is 2620. The van der Waals surface area contributed by atoms with Crippen molar-refractivity contribution >= 4 is 50.4 Å². The van der Waals surface area contributed by atoms with Crippen molar-refractivity contribution < 1.29 is 0 Å². The summed E-state index contributed by atoms with van der Waals surface area (Å²) in [7, 11) is -2.85. The van der Waals surface area contributed by atoms with E-state index in [-0.39, 0.29) is 0 Å². The zero-order valence-electron chi connectivity index (χ0n) is 27.7. The van der Waals surface area contributed by atoms with Crippen LogP contribution in [0.15, 0.2) is 188 Å². The molecule has 0 N–H and O–H groups in total. The van der Waals surface area contributed by atoms with E-state index >= 15 is 0 Å². The second-order valence-electron chi connectivity index (χ2n) is 13.2. The summed E-state index contributed by atoms with van der Waals surface area (Å²) in [6.07, 6.45) is 0. The Morgan fingerprint density at radius 1 is 0.294 bits per heavy atom.